The van der Waals surface area contributed by atoms with E-state index in [-0.39, 0.29) is 12.2 Å². The van der Waals surface area contributed by atoms with Gasteiger partial charge in [0, 0.05) is 6.42 Å². The van der Waals surface area contributed by atoms with Gasteiger partial charge in [-0.2, -0.15) is 0 Å². The molecule has 0 spiro atoms. The molecule has 1 unspecified atom stereocenters. The number of aliphatic carboxylic acids is 1. The second-order valence-corrected chi connectivity index (χ2v) is 4.59. The molecule has 0 aromatic heterocycles. The first kappa shape index (κ1) is 16.9. The highest BCUT2D eigenvalue weighted by atomic mass is 19.1. The molecule has 0 saturated heterocycles. The summed E-state index contributed by atoms with van der Waals surface area (Å²) in [7, 11) is 0. The van der Waals surface area contributed by atoms with Gasteiger partial charge in [-0.1, -0.05) is 25.5 Å². The number of alkyl carbamates (subject to hydrolysis) is 1. The number of aliphatic hydroxyl groups is 1. The molecule has 1 atom stereocenters. The van der Waals surface area contributed by atoms with Crippen LogP contribution in [-0.4, -0.2) is 34.6 Å². The number of ether oxygens (including phenoxy) is 1. The van der Waals surface area contributed by atoms with Crippen LogP contribution in [0.25, 0.3) is 0 Å². The quantitative estimate of drug-likeness (QED) is 0.526. The van der Waals surface area contributed by atoms with E-state index in [1.807, 2.05) is 12.2 Å². The van der Waals surface area contributed by atoms with E-state index in [9.17, 15) is 19.1 Å². The van der Waals surface area contributed by atoms with E-state index in [4.69, 9.17) is 9.84 Å². The number of hydrogen-bond acceptors (Lipinski definition) is 4. The fourth-order valence-electron chi connectivity index (χ4n) is 1.63. The Balaban J connectivity index is 2.74. The zero-order valence-electron chi connectivity index (χ0n) is 11.6. The molecule has 1 aromatic rings. The Morgan fingerprint density at radius 3 is 2.71 bits per heavy atom. The molecule has 7 heteroatoms. The van der Waals surface area contributed by atoms with Crippen molar-refractivity contribution in [1.29, 1.82) is 0 Å². The van der Waals surface area contributed by atoms with E-state index in [0.29, 0.717) is 6.42 Å². The predicted molar refractivity (Wildman–Crippen MR) is 72.1 cm³/mol. The monoisotopic (exact) mass is 299 g/mol. The molecule has 0 fully saturated rings. The van der Waals surface area contributed by atoms with Crippen molar-refractivity contribution in [1.82, 2.24) is 5.32 Å². The maximum atomic E-state index is 13.1. The lowest BCUT2D eigenvalue weighted by Crippen LogP contribution is -2.56. The van der Waals surface area contributed by atoms with Crippen LogP contribution >= 0.6 is 0 Å². The lowest BCUT2D eigenvalue weighted by atomic mass is 10.0. The van der Waals surface area contributed by atoms with Crippen molar-refractivity contribution in [3.05, 3.63) is 35.6 Å². The molecular weight excluding hydrogens is 281 g/mol. The molecule has 6 nitrogen and oxygen atoms in total. The summed E-state index contributed by atoms with van der Waals surface area (Å²) in [4.78, 5) is 22.6. The van der Waals surface area contributed by atoms with Crippen LogP contribution < -0.4 is 5.32 Å². The number of hydrogen-bond donors (Lipinski definition) is 3. The molecule has 0 radical (unpaired) electrons. The number of amides is 1. The van der Waals surface area contributed by atoms with Crippen molar-refractivity contribution >= 4 is 12.1 Å². The number of nitrogens with one attached hydrogen (secondary N) is 1. The van der Waals surface area contributed by atoms with Crippen LogP contribution in [0.1, 0.15) is 25.3 Å². The zero-order valence-corrected chi connectivity index (χ0v) is 11.6. The summed E-state index contributed by atoms with van der Waals surface area (Å²) in [6, 6.07) is 5.10. The minimum atomic E-state index is -2.56. The van der Waals surface area contributed by atoms with Crippen molar-refractivity contribution in [3.8, 4) is 0 Å². The van der Waals surface area contributed by atoms with Crippen molar-refractivity contribution in [2.75, 3.05) is 6.61 Å². The lowest BCUT2D eigenvalue weighted by molar-refractivity contribution is -0.161. The Hall–Kier alpha value is -2.15. The average Bonchev–Trinajstić information content (AvgIpc) is 2.38. The molecule has 3 N–H and O–H groups in total. The Morgan fingerprint density at radius 2 is 2.14 bits per heavy atom. The minimum absolute atomic E-state index is 0.123. The number of carboxylic acid groups (broad SMARTS) is 1. The van der Waals surface area contributed by atoms with E-state index in [0.717, 1.165) is 12.5 Å². The van der Waals surface area contributed by atoms with Gasteiger partial charge in [0.25, 0.3) is 0 Å². The van der Waals surface area contributed by atoms with Gasteiger partial charge in [0.05, 0.1) is 6.61 Å². The van der Waals surface area contributed by atoms with Gasteiger partial charge in [-0.25, -0.2) is 14.0 Å². The summed E-state index contributed by atoms with van der Waals surface area (Å²) in [6.07, 6.45) is -0.0873. The van der Waals surface area contributed by atoms with E-state index < -0.39 is 30.0 Å². The Bertz CT molecular complexity index is 508. The molecule has 0 bridgehead atoms. The van der Waals surface area contributed by atoms with E-state index in [1.54, 1.807) is 0 Å². The number of carbonyl (C=O) groups is 2. The number of halogens is 1. The molecule has 1 aromatic carbocycles. The molecule has 0 aliphatic heterocycles. The van der Waals surface area contributed by atoms with Crippen LogP contribution in [0.15, 0.2) is 24.3 Å². The van der Waals surface area contributed by atoms with Crippen LogP contribution in [0, 0.1) is 5.82 Å². The number of rotatable bonds is 7. The van der Waals surface area contributed by atoms with Crippen molar-refractivity contribution in [2.24, 2.45) is 0 Å². The van der Waals surface area contributed by atoms with Crippen molar-refractivity contribution < 1.29 is 28.9 Å². The number of carbonyl (C=O) groups excluding carboxylic acids is 1. The summed E-state index contributed by atoms with van der Waals surface area (Å²) in [5.41, 5.74) is -2.33. The summed E-state index contributed by atoms with van der Waals surface area (Å²) in [5, 5.41) is 21.0. The van der Waals surface area contributed by atoms with Gasteiger partial charge in [0.1, 0.15) is 5.82 Å². The first-order chi connectivity index (χ1) is 9.87. The van der Waals surface area contributed by atoms with Gasteiger partial charge >= 0.3 is 12.1 Å². The molecule has 0 heterocycles. The van der Waals surface area contributed by atoms with Crippen LogP contribution in [0.3, 0.4) is 0 Å². The third-order valence-corrected chi connectivity index (χ3v) is 2.74. The normalized spacial score (nSPS) is 13.3. The van der Waals surface area contributed by atoms with Crippen LogP contribution in [0.2, 0.25) is 0 Å². The summed E-state index contributed by atoms with van der Waals surface area (Å²) in [5.74, 6) is -2.22. The van der Waals surface area contributed by atoms with Gasteiger partial charge in [0.15, 0.2) is 0 Å². The van der Waals surface area contributed by atoms with Gasteiger partial charge in [-0.15, -0.1) is 0 Å². The van der Waals surface area contributed by atoms with Crippen molar-refractivity contribution in [2.45, 2.75) is 31.9 Å². The van der Waals surface area contributed by atoms with Crippen LogP contribution in [-0.2, 0) is 16.0 Å². The summed E-state index contributed by atoms with van der Waals surface area (Å²) in [6.45, 7) is 2.02. The van der Waals surface area contributed by atoms with Gasteiger partial charge < -0.3 is 14.9 Å². The number of unbranched alkanes of at least 4 members (excludes halogenated alkanes) is 1. The molecule has 21 heavy (non-hydrogen) atoms. The maximum absolute atomic E-state index is 13.1. The topological polar surface area (TPSA) is 95.9 Å². The highest BCUT2D eigenvalue weighted by molar-refractivity contribution is 5.82. The molecule has 0 aliphatic carbocycles. The standard InChI is InChI=1S/C14H18FNO5/c1-2-3-7-21-13(19)16-14(20,12(17)18)9-10-5-4-6-11(15)8-10/h4-6,8,20H,2-3,7,9H2,1H3,(H,16,19)(H,17,18). The number of carboxylic acids is 1. The van der Waals surface area contributed by atoms with Crippen LogP contribution in [0.4, 0.5) is 9.18 Å². The molecule has 116 valence electrons. The first-order valence-electron chi connectivity index (χ1n) is 6.52. The molecule has 1 amide bonds. The van der Waals surface area contributed by atoms with Gasteiger partial charge in [-0.3, -0.25) is 5.32 Å². The summed E-state index contributed by atoms with van der Waals surface area (Å²) < 4.78 is 17.8. The Kier molecular flexibility index (Phi) is 6.10. The third-order valence-electron chi connectivity index (χ3n) is 2.74. The molecular formula is C14H18FNO5. The van der Waals surface area contributed by atoms with E-state index in [2.05, 4.69) is 0 Å². The fourth-order valence-corrected chi connectivity index (χ4v) is 1.63. The highest BCUT2D eigenvalue weighted by Crippen LogP contribution is 2.13. The molecule has 0 aliphatic rings. The Morgan fingerprint density at radius 1 is 1.43 bits per heavy atom. The van der Waals surface area contributed by atoms with Gasteiger partial charge in [0.2, 0.25) is 5.72 Å². The largest absolute Gasteiger partial charge is 0.478 e. The summed E-state index contributed by atoms with van der Waals surface area (Å²) >= 11 is 0. The van der Waals surface area contributed by atoms with E-state index in [1.165, 1.54) is 18.2 Å². The van der Waals surface area contributed by atoms with Gasteiger partial charge in [-0.05, 0) is 24.1 Å². The smallest absolute Gasteiger partial charge is 0.409 e. The maximum Gasteiger partial charge on any atom is 0.409 e. The first-order valence-corrected chi connectivity index (χ1v) is 6.52. The average molecular weight is 299 g/mol. The van der Waals surface area contributed by atoms with E-state index >= 15 is 0 Å². The second-order valence-electron chi connectivity index (χ2n) is 4.59. The highest BCUT2D eigenvalue weighted by Gasteiger charge is 2.38. The Labute approximate surface area is 121 Å². The van der Waals surface area contributed by atoms with Crippen molar-refractivity contribution in [3.63, 3.8) is 0 Å². The second kappa shape index (κ2) is 7.58. The zero-order chi connectivity index (χ0) is 15.9. The third kappa shape index (κ3) is 5.39. The predicted octanol–water partition coefficient (Wildman–Crippen LogP) is 1.67. The number of benzene rings is 1. The lowest BCUT2D eigenvalue weighted by Gasteiger charge is -2.24. The van der Waals surface area contributed by atoms with Crippen LogP contribution in [0.5, 0.6) is 0 Å². The molecule has 1 rings (SSSR count). The fraction of sp³-hybridized carbons (Fsp3) is 0.429. The molecule has 0 saturated carbocycles. The SMILES string of the molecule is CCCCOC(=O)NC(O)(Cc1cccc(F)c1)C(=O)O. The minimum Gasteiger partial charge on any atom is -0.478 e.